The van der Waals surface area contributed by atoms with E-state index in [2.05, 4.69) is 27.5 Å². The maximum atomic E-state index is 12.6. The monoisotopic (exact) mass is 335 g/mol. The van der Waals surface area contributed by atoms with E-state index in [1.807, 2.05) is 43.3 Å². The van der Waals surface area contributed by atoms with Crippen molar-refractivity contribution in [1.82, 2.24) is 25.3 Å². The van der Waals surface area contributed by atoms with E-state index in [1.165, 1.54) is 0 Å². The van der Waals surface area contributed by atoms with Crippen LogP contribution in [0.4, 0.5) is 0 Å². The van der Waals surface area contributed by atoms with Gasteiger partial charge in [-0.25, -0.2) is 4.68 Å². The Bertz CT molecular complexity index is 840. The number of hydrogen-bond acceptors (Lipinski definition) is 4. The topological polar surface area (TPSA) is 72.7 Å². The summed E-state index contributed by atoms with van der Waals surface area (Å²) in [5.74, 6) is -0.217. The lowest BCUT2D eigenvalue weighted by Gasteiger charge is -2.09. The van der Waals surface area contributed by atoms with E-state index < -0.39 is 0 Å². The Balaban J connectivity index is 2.04. The normalized spacial score (nSPS) is 10.6. The second-order valence-electron chi connectivity index (χ2n) is 5.89. The van der Waals surface area contributed by atoms with Crippen LogP contribution in [0.2, 0.25) is 0 Å². The Kier molecular flexibility index (Phi) is 5.18. The number of aromatic nitrogens is 4. The van der Waals surface area contributed by atoms with Crippen LogP contribution < -0.4 is 5.32 Å². The van der Waals surface area contributed by atoms with Crippen molar-refractivity contribution in [2.24, 2.45) is 0 Å². The van der Waals surface area contributed by atoms with Gasteiger partial charge in [0, 0.05) is 24.5 Å². The van der Waals surface area contributed by atoms with Crippen molar-refractivity contribution in [2.75, 3.05) is 6.54 Å². The van der Waals surface area contributed by atoms with Crippen LogP contribution in [-0.4, -0.2) is 32.4 Å². The molecule has 0 aliphatic heterocycles. The number of benzene rings is 1. The van der Waals surface area contributed by atoms with Crippen molar-refractivity contribution in [3.63, 3.8) is 0 Å². The van der Waals surface area contributed by atoms with E-state index in [0.29, 0.717) is 17.9 Å². The number of carbonyl (C=O) groups is 1. The van der Waals surface area contributed by atoms with E-state index in [-0.39, 0.29) is 5.91 Å². The van der Waals surface area contributed by atoms with Crippen LogP contribution in [0.3, 0.4) is 0 Å². The smallest absolute Gasteiger partial charge is 0.274 e. The van der Waals surface area contributed by atoms with Crippen molar-refractivity contribution in [3.8, 4) is 16.9 Å². The minimum Gasteiger partial charge on any atom is -0.351 e. The lowest BCUT2D eigenvalue weighted by Crippen LogP contribution is -2.25. The lowest BCUT2D eigenvalue weighted by molar-refractivity contribution is 0.0949. The molecule has 2 aromatic heterocycles. The predicted octanol–water partition coefficient (Wildman–Crippen LogP) is 3.17. The molecule has 3 aromatic rings. The number of pyridine rings is 1. The summed E-state index contributed by atoms with van der Waals surface area (Å²) in [6, 6.07) is 11.7. The number of carbonyl (C=O) groups excluding carboxylic acids is 1. The standard InChI is InChI=1S/C19H21N5O/c1-3-4-12-21-19(25)17-18(15-6-5-11-20-13-15)24(23-22-17)16-9-7-14(2)8-10-16/h5-11,13H,3-4,12H2,1-2H3,(H,21,25). The third-order valence-corrected chi connectivity index (χ3v) is 3.91. The van der Waals surface area contributed by atoms with Crippen molar-refractivity contribution < 1.29 is 4.79 Å². The highest BCUT2D eigenvalue weighted by molar-refractivity contribution is 5.98. The number of nitrogens with zero attached hydrogens (tertiary/aromatic N) is 4. The maximum Gasteiger partial charge on any atom is 0.274 e. The van der Waals surface area contributed by atoms with Gasteiger partial charge in [-0.1, -0.05) is 36.3 Å². The van der Waals surface area contributed by atoms with Crippen molar-refractivity contribution in [2.45, 2.75) is 26.7 Å². The Hall–Kier alpha value is -3.02. The van der Waals surface area contributed by atoms with E-state index in [1.54, 1.807) is 17.1 Å². The maximum absolute atomic E-state index is 12.6. The molecule has 0 unspecified atom stereocenters. The predicted molar refractivity (Wildman–Crippen MR) is 96.6 cm³/mol. The summed E-state index contributed by atoms with van der Waals surface area (Å²) in [6.45, 7) is 4.74. The van der Waals surface area contributed by atoms with Crippen LogP contribution in [0, 0.1) is 6.92 Å². The van der Waals surface area contributed by atoms with Crippen LogP contribution in [0.5, 0.6) is 0 Å². The molecule has 6 nitrogen and oxygen atoms in total. The molecule has 128 valence electrons. The van der Waals surface area contributed by atoms with Gasteiger partial charge in [-0.3, -0.25) is 9.78 Å². The molecule has 0 atom stereocenters. The van der Waals surface area contributed by atoms with Gasteiger partial charge >= 0.3 is 0 Å². The Morgan fingerprint density at radius 1 is 1.20 bits per heavy atom. The number of amides is 1. The van der Waals surface area contributed by atoms with Crippen LogP contribution in [0.25, 0.3) is 16.9 Å². The average molecular weight is 335 g/mol. The van der Waals surface area contributed by atoms with Gasteiger partial charge in [0.1, 0.15) is 5.69 Å². The summed E-state index contributed by atoms with van der Waals surface area (Å²) in [7, 11) is 0. The van der Waals surface area contributed by atoms with Crippen LogP contribution in [0.15, 0.2) is 48.8 Å². The number of rotatable bonds is 6. The van der Waals surface area contributed by atoms with Crippen molar-refractivity contribution in [1.29, 1.82) is 0 Å². The molecule has 0 bridgehead atoms. The van der Waals surface area contributed by atoms with E-state index in [9.17, 15) is 4.79 Å². The number of hydrogen-bond donors (Lipinski definition) is 1. The van der Waals surface area contributed by atoms with Crippen LogP contribution in [0.1, 0.15) is 35.8 Å². The van der Waals surface area contributed by atoms with Gasteiger partial charge in [-0.15, -0.1) is 5.10 Å². The van der Waals surface area contributed by atoms with Gasteiger partial charge in [0.15, 0.2) is 5.69 Å². The van der Waals surface area contributed by atoms with Gasteiger partial charge in [-0.05, 0) is 37.6 Å². The Labute approximate surface area is 146 Å². The molecule has 2 heterocycles. The molecule has 0 saturated carbocycles. The zero-order chi connectivity index (χ0) is 17.6. The first-order valence-electron chi connectivity index (χ1n) is 8.42. The molecule has 3 rings (SSSR count). The summed E-state index contributed by atoms with van der Waals surface area (Å²) in [4.78, 5) is 16.7. The number of nitrogens with one attached hydrogen (secondary N) is 1. The lowest BCUT2D eigenvalue weighted by atomic mass is 10.1. The number of unbranched alkanes of at least 4 members (excludes halogenated alkanes) is 1. The zero-order valence-electron chi connectivity index (χ0n) is 14.4. The van der Waals surface area contributed by atoms with Crippen LogP contribution in [-0.2, 0) is 0 Å². The molecule has 1 aromatic carbocycles. The summed E-state index contributed by atoms with van der Waals surface area (Å²) < 4.78 is 1.69. The highest BCUT2D eigenvalue weighted by Gasteiger charge is 2.22. The first-order valence-corrected chi connectivity index (χ1v) is 8.42. The third kappa shape index (κ3) is 3.74. The highest BCUT2D eigenvalue weighted by Crippen LogP contribution is 2.24. The van der Waals surface area contributed by atoms with E-state index in [4.69, 9.17) is 0 Å². The fourth-order valence-corrected chi connectivity index (χ4v) is 2.53. The Morgan fingerprint density at radius 2 is 2.00 bits per heavy atom. The minimum absolute atomic E-state index is 0.217. The molecule has 0 aliphatic carbocycles. The molecular formula is C19H21N5O. The summed E-state index contributed by atoms with van der Waals surface area (Å²) >= 11 is 0. The molecule has 0 aliphatic rings. The zero-order valence-corrected chi connectivity index (χ0v) is 14.4. The van der Waals surface area contributed by atoms with Gasteiger partial charge in [0.2, 0.25) is 0 Å². The molecule has 1 N–H and O–H groups in total. The van der Waals surface area contributed by atoms with Gasteiger partial charge in [-0.2, -0.15) is 0 Å². The third-order valence-electron chi connectivity index (χ3n) is 3.91. The number of aryl methyl sites for hydroxylation is 1. The largest absolute Gasteiger partial charge is 0.351 e. The summed E-state index contributed by atoms with van der Waals surface area (Å²) in [5.41, 5.74) is 3.76. The van der Waals surface area contributed by atoms with Gasteiger partial charge in [0.25, 0.3) is 5.91 Å². The van der Waals surface area contributed by atoms with Crippen molar-refractivity contribution in [3.05, 3.63) is 60.0 Å². The van der Waals surface area contributed by atoms with E-state index in [0.717, 1.165) is 29.7 Å². The summed E-state index contributed by atoms with van der Waals surface area (Å²) in [5, 5.41) is 11.3. The average Bonchev–Trinajstić information content (AvgIpc) is 3.08. The quantitative estimate of drug-likeness (QED) is 0.702. The summed E-state index contributed by atoms with van der Waals surface area (Å²) in [6.07, 6.45) is 5.36. The second kappa shape index (κ2) is 7.70. The SMILES string of the molecule is CCCCNC(=O)c1nnn(-c2ccc(C)cc2)c1-c1cccnc1. The van der Waals surface area contributed by atoms with Crippen molar-refractivity contribution >= 4 is 5.91 Å². The highest BCUT2D eigenvalue weighted by atomic mass is 16.2. The molecule has 6 heteroatoms. The minimum atomic E-state index is -0.217. The molecule has 0 saturated heterocycles. The molecule has 0 radical (unpaired) electrons. The molecule has 0 spiro atoms. The van der Waals surface area contributed by atoms with Gasteiger partial charge < -0.3 is 5.32 Å². The van der Waals surface area contributed by atoms with Gasteiger partial charge in [0.05, 0.1) is 5.69 Å². The molecule has 0 fully saturated rings. The fraction of sp³-hybridized carbons (Fsp3) is 0.263. The molecule has 1 amide bonds. The van der Waals surface area contributed by atoms with Crippen LogP contribution >= 0.6 is 0 Å². The molecule has 25 heavy (non-hydrogen) atoms. The fourth-order valence-electron chi connectivity index (χ4n) is 2.53. The Morgan fingerprint density at radius 3 is 2.68 bits per heavy atom. The molecular weight excluding hydrogens is 314 g/mol. The first kappa shape index (κ1) is 16.8. The second-order valence-corrected chi connectivity index (χ2v) is 5.89. The first-order chi connectivity index (χ1) is 12.2. The van der Waals surface area contributed by atoms with E-state index >= 15 is 0 Å².